The number of carbonyl (C=O) groups excluding carboxylic acids is 1. The molecule has 0 aliphatic carbocycles. The SMILES string of the molecule is CN=C(N)NC(=O)c1cc2ccc(OCCCN)cc2[nH]1.Cl.Cl. The standard InChI is InChI=1S/C14H19N5O2.2ClH/c1-17-14(16)19-13(20)12-7-9-3-4-10(8-11(9)18-12)21-6-2-5-15;;/h3-4,7-8,18H,2,5-6,15H2,1H3,(H3,16,17,19,20);2*1H. The van der Waals surface area contributed by atoms with Gasteiger partial charge in [0, 0.05) is 24.0 Å². The molecule has 1 heterocycles. The summed E-state index contributed by atoms with van der Waals surface area (Å²) in [7, 11) is 1.51. The molecular weight excluding hydrogens is 341 g/mol. The van der Waals surface area contributed by atoms with Crippen molar-refractivity contribution in [1.29, 1.82) is 0 Å². The van der Waals surface area contributed by atoms with Gasteiger partial charge in [-0.2, -0.15) is 0 Å². The molecule has 9 heteroatoms. The number of nitrogens with one attached hydrogen (secondary N) is 2. The predicted octanol–water partition coefficient (Wildman–Crippen LogP) is 1.41. The average Bonchev–Trinajstić information content (AvgIpc) is 2.90. The number of rotatable bonds is 5. The molecule has 23 heavy (non-hydrogen) atoms. The molecule has 0 aliphatic rings. The number of carbonyl (C=O) groups is 1. The zero-order chi connectivity index (χ0) is 15.2. The lowest BCUT2D eigenvalue weighted by Gasteiger charge is -2.04. The van der Waals surface area contributed by atoms with Crippen molar-refractivity contribution in [3.63, 3.8) is 0 Å². The fraction of sp³-hybridized carbons (Fsp3) is 0.286. The minimum Gasteiger partial charge on any atom is -0.493 e. The molecule has 0 fully saturated rings. The van der Waals surface area contributed by atoms with Crippen LogP contribution in [0.25, 0.3) is 10.9 Å². The number of aromatic nitrogens is 1. The summed E-state index contributed by atoms with van der Waals surface area (Å²) in [5.74, 6) is 0.476. The highest BCUT2D eigenvalue weighted by molar-refractivity contribution is 6.06. The molecular formula is C14H21Cl2N5O2. The van der Waals surface area contributed by atoms with Gasteiger partial charge in [0.25, 0.3) is 5.91 Å². The number of nitrogens with zero attached hydrogens (tertiary/aromatic N) is 1. The van der Waals surface area contributed by atoms with Crippen molar-refractivity contribution >= 4 is 47.6 Å². The second-order valence-corrected chi connectivity index (χ2v) is 4.49. The molecule has 2 rings (SSSR count). The van der Waals surface area contributed by atoms with Crippen molar-refractivity contribution in [3.8, 4) is 5.75 Å². The van der Waals surface area contributed by atoms with Crippen LogP contribution in [0, 0.1) is 0 Å². The molecule has 1 aromatic carbocycles. The van der Waals surface area contributed by atoms with Gasteiger partial charge in [0.05, 0.1) is 6.61 Å². The molecule has 0 bridgehead atoms. The maximum atomic E-state index is 11.9. The number of benzene rings is 1. The van der Waals surface area contributed by atoms with Gasteiger partial charge < -0.3 is 21.2 Å². The minimum atomic E-state index is -0.333. The van der Waals surface area contributed by atoms with E-state index in [9.17, 15) is 4.79 Å². The van der Waals surface area contributed by atoms with Gasteiger partial charge >= 0.3 is 0 Å². The van der Waals surface area contributed by atoms with Crippen LogP contribution in [0.5, 0.6) is 5.75 Å². The number of guanidine groups is 1. The molecule has 0 saturated carbocycles. The topological polar surface area (TPSA) is 119 Å². The third-order valence-electron chi connectivity index (χ3n) is 2.94. The van der Waals surface area contributed by atoms with Gasteiger partial charge in [0.15, 0.2) is 5.96 Å². The molecule has 0 unspecified atom stereocenters. The van der Waals surface area contributed by atoms with Crippen LogP contribution in [0.1, 0.15) is 16.9 Å². The first-order chi connectivity index (χ1) is 10.1. The minimum absolute atomic E-state index is 0. The molecule has 1 amide bonds. The van der Waals surface area contributed by atoms with Gasteiger partial charge in [0.1, 0.15) is 11.4 Å². The number of aliphatic imine (C=N–C) groups is 1. The van der Waals surface area contributed by atoms with Crippen LogP contribution < -0.4 is 21.5 Å². The van der Waals surface area contributed by atoms with Crippen molar-refractivity contribution in [2.24, 2.45) is 16.5 Å². The van der Waals surface area contributed by atoms with Crippen LogP contribution >= 0.6 is 24.8 Å². The van der Waals surface area contributed by atoms with E-state index < -0.39 is 0 Å². The van der Waals surface area contributed by atoms with Gasteiger partial charge in [0.2, 0.25) is 0 Å². The van der Waals surface area contributed by atoms with Crippen LogP contribution in [0.4, 0.5) is 0 Å². The molecule has 2 aromatic rings. The first-order valence-electron chi connectivity index (χ1n) is 6.63. The molecule has 0 saturated heterocycles. The van der Waals surface area contributed by atoms with E-state index in [0.29, 0.717) is 18.8 Å². The summed E-state index contributed by atoms with van der Waals surface area (Å²) < 4.78 is 5.57. The van der Waals surface area contributed by atoms with Gasteiger partial charge in [-0.3, -0.25) is 15.1 Å². The van der Waals surface area contributed by atoms with E-state index in [2.05, 4.69) is 15.3 Å². The third-order valence-corrected chi connectivity index (χ3v) is 2.94. The Kier molecular flexibility index (Phi) is 9.09. The molecule has 128 valence electrons. The summed E-state index contributed by atoms with van der Waals surface area (Å²) >= 11 is 0. The Bertz CT molecular complexity index is 672. The molecule has 0 radical (unpaired) electrons. The number of H-pyrrole nitrogens is 1. The summed E-state index contributed by atoms with van der Waals surface area (Å²) in [6.45, 7) is 1.16. The van der Waals surface area contributed by atoms with E-state index in [-0.39, 0.29) is 36.7 Å². The van der Waals surface area contributed by atoms with E-state index in [1.54, 1.807) is 6.07 Å². The quantitative estimate of drug-likeness (QED) is 0.365. The summed E-state index contributed by atoms with van der Waals surface area (Å²) in [4.78, 5) is 18.6. The van der Waals surface area contributed by atoms with E-state index in [1.807, 2.05) is 18.2 Å². The molecule has 6 N–H and O–H groups in total. The number of halogens is 2. The second kappa shape index (κ2) is 9.94. The largest absolute Gasteiger partial charge is 0.493 e. The molecule has 0 atom stereocenters. The highest BCUT2D eigenvalue weighted by atomic mass is 35.5. The van der Waals surface area contributed by atoms with Crippen molar-refractivity contribution in [2.45, 2.75) is 6.42 Å². The van der Waals surface area contributed by atoms with Gasteiger partial charge in [-0.1, -0.05) is 0 Å². The molecule has 1 aromatic heterocycles. The summed E-state index contributed by atoms with van der Waals surface area (Å²) in [5.41, 5.74) is 12.1. The Morgan fingerprint density at radius 1 is 1.35 bits per heavy atom. The molecule has 0 spiro atoms. The normalized spacial score (nSPS) is 10.6. The molecule has 0 aliphatic heterocycles. The maximum absolute atomic E-state index is 11.9. The lowest BCUT2D eigenvalue weighted by Crippen LogP contribution is -2.36. The third kappa shape index (κ3) is 5.63. The fourth-order valence-electron chi connectivity index (χ4n) is 1.83. The number of aromatic amines is 1. The monoisotopic (exact) mass is 361 g/mol. The van der Waals surface area contributed by atoms with Crippen molar-refractivity contribution in [3.05, 3.63) is 30.0 Å². The summed E-state index contributed by atoms with van der Waals surface area (Å²) in [6.07, 6.45) is 0.798. The Morgan fingerprint density at radius 3 is 2.74 bits per heavy atom. The van der Waals surface area contributed by atoms with Crippen molar-refractivity contribution in [1.82, 2.24) is 10.3 Å². The van der Waals surface area contributed by atoms with Crippen molar-refractivity contribution < 1.29 is 9.53 Å². The van der Waals surface area contributed by atoms with Crippen LogP contribution in [0.2, 0.25) is 0 Å². The van der Waals surface area contributed by atoms with Crippen LogP contribution in [0.3, 0.4) is 0 Å². The first-order valence-corrected chi connectivity index (χ1v) is 6.63. The second-order valence-electron chi connectivity index (χ2n) is 4.49. The van der Waals surface area contributed by atoms with Gasteiger partial charge in [-0.05, 0) is 31.2 Å². The maximum Gasteiger partial charge on any atom is 0.274 e. The summed E-state index contributed by atoms with van der Waals surface area (Å²) in [6, 6.07) is 7.34. The Morgan fingerprint density at radius 2 is 2.09 bits per heavy atom. The van der Waals surface area contributed by atoms with Gasteiger partial charge in [-0.25, -0.2) is 0 Å². The zero-order valence-corrected chi connectivity index (χ0v) is 14.3. The van der Waals surface area contributed by atoms with Gasteiger partial charge in [-0.15, -0.1) is 24.8 Å². The smallest absolute Gasteiger partial charge is 0.274 e. The van der Waals surface area contributed by atoms with Crippen LogP contribution in [0.15, 0.2) is 29.3 Å². The zero-order valence-electron chi connectivity index (χ0n) is 12.7. The number of amides is 1. The fourth-order valence-corrected chi connectivity index (χ4v) is 1.83. The average molecular weight is 362 g/mol. The van der Waals surface area contributed by atoms with Crippen LogP contribution in [-0.4, -0.2) is 37.1 Å². The first kappa shape index (κ1) is 21.0. The Balaban J connectivity index is 0.00000242. The number of fused-ring (bicyclic) bond motifs is 1. The number of hydrogen-bond acceptors (Lipinski definition) is 4. The van der Waals surface area contributed by atoms with E-state index >= 15 is 0 Å². The highest BCUT2D eigenvalue weighted by Gasteiger charge is 2.10. The number of ether oxygens (including phenoxy) is 1. The van der Waals surface area contributed by atoms with Crippen LogP contribution in [-0.2, 0) is 0 Å². The Labute approximate surface area is 146 Å². The Hall–Kier alpha value is -1.96. The highest BCUT2D eigenvalue weighted by Crippen LogP contribution is 2.21. The lowest BCUT2D eigenvalue weighted by molar-refractivity contribution is 0.0972. The van der Waals surface area contributed by atoms with E-state index in [4.69, 9.17) is 16.2 Å². The number of hydrogen-bond donors (Lipinski definition) is 4. The van der Waals surface area contributed by atoms with E-state index in [1.165, 1.54) is 7.05 Å². The molecule has 7 nitrogen and oxygen atoms in total. The predicted molar refractivity (Wildman–Crippen MR) is 97.0 cm³/mol. The van der Waals surface area contributed by atoms with Crippen molar-refractivity contribution in [2.75, 3.05) is 20.2 Å². The van der Waals surface area contributed by atoms with E-state index in [0.717, 1.165) is 23.1 Å². The summed E-state index contributed by atoms with van der Waals surface area (Å²) in [5, 5.41) is 3.39. The lowest BCUT2D eigenvalue weighted by atomic mass is 10.2. The number of nitrogens with two attached hydrogens (primary N) is 2.